The fourth-order valence-electron chi connectivity index (χ4n) is 2.28. The van der Waals surface area contributed by atoms with Gasteiger partial charge >= 0.3 is 5.97 Å². The van der Waals surface area contributed by atoms with Gasteiger partial charge in [-0.15, -0.1) is 10.2 Å². The maximum Gasteiger partial charge on any atom is 0.331 e. The van der Waals surface area contributed by atoms with Crippen LogP contribution in [0.3, 0.4) is 0 Å². The number of carbonyl (C=O) groups is 1. The number of nitrogens with zero attached hydrogens (tertiary/aromatic N) is 2. The highest BCUT2D eigenvalue weighted by Gasteiger charge is 2.18. The predicted octanol–water partition coefficient (Wildman–Crippen LogP) is 4.20. The Morgan fingerprint density at radius 1 is 1.15 bits per heavy atom. The summed E-state index contributed by atoms with van der Waals surface area (Å²) in [5, 5.41) is 7.87. The van der Waals surface area contributed by atoms with Crippen molar-refractivity contribution >= 4 is 12.0 Å². The normalized spacial score (nSPS) is 12.1. The van der Waals surface area contributed by atoms with E-state index in [-0.39, 0.29) is 5.89 Å². The van der Waals surface area contributed by atoms with E-state index in [1.54, 1.807) is 56.5 Å². The van der Waals surface area contributed by atoms with Gasteiger partial charge in [0.05, 0.1) is 7.11 Å². The number of ether oxygens (including phenoxy) is 2. The van der Waals surface area contributed by atoms with Crippen LogP contribution in [0.5, 0.6) is 5.75 Å². The molecule has 0 saturated carbocycles. The zero-order valence-corrected chi connectivity index (χ0v) is 14.8. The van der Waals surface area contributed by atoms with Crippen LogP contribution in [0.15, 0.2) is 59.0 Å². The number of benzene rings is 2. The molecule has 0 N–H and O–H groups in total. The van der Waals surface area contributed by atoms with Crippen LogP contribution in [0.1, 0.15) is 24.5 Å². The first-order chi connectivity index (χ1) is 13.1. The summed E-state index contributed by atoms with van der Waals surface area (Å²) in [7, 11) is 1.58. The first-order valence-electron chi connectivity index (χ1n) is 8.18. The monoisotopic (exact) mass is 368 g/mol. The van der Waals surface area contributed by atoms with Crippen molar-refractivity contribution in [2.45, 2.75) is 13.0 Å². The van der Waals surface area contributed by atoms with Crippen LogP contribution in [-0.2, 0) is 9.53 Å². The van der Waals surface area contributed by atoms with Crippen LogP contribution in [-0.4, -0.2) is 23.3 Å². The molecule has 0 bridgehead atoms. The molecule has 0 unspecified atom stereocenters. The van der Waals surface area contributed by atoms with E-state index in [4.69, 9.17) is 13.9 Å². The summed E-state index contributed by atoms with van der Waals surface area (Å²) >= 11 is 0. The van der Waals surface area contributed by atoms with Crippen LogP contribution >= 0.6 is 0 Å². The van der Waals surface area contributed by atoms with Gasteiger partial charge in [-0.3, -0.25) is 0 Å². The minimum absolute atomic E-state index is 0.161. The molecule has 7 heteroatoms. The Morgan fingerprint density at radius 3 is 2.59 bits per heavy atom. The van der Waals surface area contributed by atoms with Crippen molar-refractivity contribution in [3.63, 3.8) is 0 Å². The number of carbonyl (C=O) groups excluding carboxylic acids is 1. The number of methoxy groups -OCH3 is 1. The molecular weight excluding hydrogens is 351 g/mol. The topological polar surface area (TPSA) is 74.5 Å². The molecule has 0 saturated heterocycles. The number of hydrogen-bond donors (Lipinski definition) is 0. The molecule has 3 rings (SSSR count). The van der Waals surface area contributed by atoms with Crippen LogP contribution in [0, 0.1) is 5.82 Å². The second-order valence-corrected chi connectivity index (χ2v) is 5.61. The molecule has 2 aromatic carbocycles. The van der Waals surface area contributed by atoms with Crippen LogP contribution in [0.2, 0.25) is 0 Å². The summed E-state index contributed by atoms with van der Waals surface area (Å²) in [5.74, 6) is 0.110. The average Bonchev–Trinajstić information content (AvgIpc) is 3.18. The molecule has 0 aliphatic rings. The molecule has 6 nitrogen and oxygen atoms in total. The molecule has 0 aliphatic heterocycles. The van der Waals surface area contributed by atoms with Gasteiger partial charge in [-0.2, -0.15) is 0 Å². The van der Waals surface area contributed by atoms with Gasteiger partial charge in [0, 0.05) is 17.2 Å². The number of aromatic nitrogens is 2. The van der Waals surface area contributed by atoms with Gasteiger partial charge in [0.2, 0.25) is 5.89 Å². The van der Waals surface area contributed by atoms with Gasteiger partial charge in [0.25, 0.3) is 5.89 Å². The Balaban J connectivity index is 1.64. The van der Waals surface area contributed by atoms with Gasteiger partial charge in [0.15, 0.2) is 6.10 Å². The predicted molar refractivity (Wildman–Crippen MR) is 96.2 cm³/mol. The lowest BCUT2D eigenvalue weighted by Gasteiger charge is -2.06. The second-order valence-electron chi connectivity index (χ2n) is 5.61. The molecule has 138 valence electrons. The van der Waals surface area contributed by atoms with Crippen LogP contribution in [0.25, 0.3) is 17.5 Å². The molecular formula is C20H17FN2O4. The number of rotatable bonds is 6. The van der Waals surface area contributed by atoms with Crippen molar-refractivity contribution in [3.8, 4) is 17.2 Å². The van der Waals surface area contributed by atoms with Crippen molar-refractivity contribution in [2.24, 2.45) is 0 Å². The van der Waals surface area contributed by atoms with Crippen molar-refractivity contribution < 1.29 is 23.1 Å². The lowest BCUT2D eigenvalue weighted by molar-refractivity contribution is -0.143. The molecule has 3 aromatic rings. The highest BCUT2D eigenvalue weighted by atomic mass is 19.1. The second kappa shape index (κ2) is 8.27. The summed E-state index contributed by atoms with van der Waals surface area (Å²) in [4.78, 5) is 11.9. The Kier molecular flexibility index (Phi) is 5.61. The minimum Gasteiger partial charge on any atom is -0.497 e. The molecule has 1 heterocycles. The first kappa shape index (κ1) is 18.3. The summed E-state index contributed by atoms with van der Waals surface area (Å²) in [6, 6.07) is 13.2. The fraction of sp³-hybridized carbons (Fsp3) is 0.150. The van der Waals surface area contributed by atoms with E-state index in [2.05, 4.69) is 10.2 Å². The summed E-state index contributed by atoms with van der Waals surface area (Å²) in [6.07, 6.45) is 1.75. The third-order valence-electron chi connectivity index (χ3n) is 3.72. The van der Waals surface area contributed by atoms with Crippen molar-refractivity contribution in [3.05, 3.63) is 71.9 Å². The molecule has 0 amide bonds. The van der Waals surface area contributed by atoms with Gasteiger partial charge in [-0.05, 0) is 43.3 Å². The molecule has 0 spiro atoms. The highest BCUT2D eigenvalue weighted by Crippen LogP contribution is 2.24. The van der Waals surface area contributed by atoms with Crippen LogP contribution in [0.4, 0.5) is 4.39 Å². The smallest absolute Gasteiger partial charge is 0.331 e. The quantitative estimate of drug-likeness (QED) is 0.479. The number of esters is 1. The molecule has 27 heavy (non-hydrogen) atoms. The Labute approximate surface area is 155 Å². The Hall–Kier alpha value is -3.48. The van der Waals surface area contributed by atoms with Crippen molar-refractivity contribution in [1.82, 2.24) is 10.2 Å². The zero-order valence-electron chi connectivity index (χ0n) is 14.8. The van der Waals surface area contributed by atoms with Gasteiger partial charge < -0.3 is 13.9 Å². The summed E-state index contributed by atoms with van der Waals surface area (Å²) < 4.78 is 29.4. The molecule has 0 aliphatic carbocycles. The van der Waals surface area contributed by atoms with E-state index < -0.39 is 17.9 Å². The van der Waals surface area contributed by atoms with E-state index in [9.17, 15) is 9.18 Å². The minimum atomic E-state index is -0.748. The molecule has 0 fully saturated rings. The Bertz CT molecular complexity index is 951. The number of hydrogen-bond acceptors (Lipinski definition) is 6. The third kappa shape index (κ3) is 4.58. The fourth-order valence-corrected chi connectivity index (χ4v) is 2.28. The maximum absolute atomic E-state index is 13.5. The summed E-state index contributed by atoms with van der Waals surface area (Å²) in [5.41, 5.74) is 1.01. The molecule has 1 aromatic heterocycles. The van der Waals surface area contributed by atoms with Crippen molar-refractivity contribution in [1.29, 1.82) is 0 Å². The van der Waals surface area contributed by atoms with E-state index >= 15 is 0 Å². The Morgan fingerprint density at radius 2 is 1.89 bits per heavy atom. The lowest BCUT2D eigenvalue weighted by Crippen LogP contribution is -2.06. The third-order valence-corrected chi connectivity index (χ3v) is 3.72. The van der Waals surface area contributed by atoms with E-state index in [1.807, 2.05) is 0 Å². The maximum atomic E-state index is 13.5. The lowest BCUT2D eigenvalue weighted by atomic mass is 10.2. The molecule has 0 radical (unpaired) electrons. The zero-order chi connectivity index (χ0) is 19.2. The van der Waals surface area contributed by atoms with Gasteiger partial charge in [-0.1, -0.05) is 18.2 Å². The highest BCUT2D eigenvalue weighted by molar-refractivity contribution is 5.87. The van der Waals surface area contributed by atoms with Gasteiger partial charge in [-0.25, -0.2) is 9.18 Å². The standard InChI is InChI=1S/C20H17FN2O4/c1-13(26-18(24)12-9-14-5-3-4-6-17(14)21)19-22-23-20(27-19)15-7-10-16(25-2)11-8-15/h3-13H,1-2H3/b12-9+/t13-/m0/s1. The summed E-state index contributed by atoms with van der Waals surface area (Å²) in [6.45, 7) is 1.61. The van der Waals surface area contributed by atoms with Gasteiger partial charge in [0.1, 0.15) is 11.6 Å². The van der Waals surface area contributed by atoms with E-state index in [0.29, 0.717) is 22.8 Å². The number of halogens is 1. The SMILES string of the molecule is COc1ccc(-c2nnc([C@H](C)OC(=O)/C=C/c3ccccc3F)o2)cc1. The largest absolute Gasteiger partial charge is 0.497 e. The van der Waals surface area contributed by atoms with Crippen LogP contribution < -0.4 is 4.74 Å². The first-order valence-corrected chi connectivity index (χ1v) is 8.18. The average molecular weight is 368 g/mol. The molecule has 1 atom stereocenters. The van der Waals surface area contributed by atoms with Crippen molar-refractivity contribution in [2.75, 3.05) is 7.11 Å². The van der Waals surface area contributed by atoms with E-state index in [1.165, 1.54) is 12.1 Å². The van der Waals surface area contributed by atoms with E-state index in [0.717, 1.165) is 6.08 Å².